The van der Waals surface area contributed by atoms with Gasteiger partial charge in [-0.3, -0.25) is 5.10 Å². The number of carboxylic acids is 1. The van der Waals surface area contributed by atoms with Crippen LogP contribution in [0.4, 0.5) is 27.1 Å². The van der Waals surface area contributed by atoms with Gasteiger partial charge < -0.3 is 19.6 Å². The number of fused-ring (bicyclic) bond motifs is 2. The molecule has 0 unspecified atom stereocenters. The first-order chi connectivity index (χ1) is 16.4. The summed E-state index contributed by atoms with van der Waals surface area (Å²) in [5.74, 6) is -1.25. The summed E-state index contributed by atoms with van der Waals surface area (Å²) in [7, 11) is 1.68. The molecule has 0 bridgehead atoms. The molecule has 5 rings (SSSR count). The molecule has 2 N–H and O–H groups in total. The third-order valence-corrected chi connectivity index (χ3v) is 6.46. The molecule has 0 amide bonds. The van der Waals surface area contributed by atoms with Gasteiger partial charge in [0.15, 0.2) is 0 Å². The number of methoxy groups -OCH3 is 1. The summed E-state index contributed by atoms with van der Waals surface area (Å²) in [4.78, 5) is 15.8. The summed E-state index contributed by atoms with van der Waals surface area (Å²) in [6, 6.07) is 17.6. The van der Waals surface area contributed by atoms with Gasteiger partial charge in [0, 0.05) is 37.0 Å². The van der Waals surface area contributed by atoms with Crippen LogP contribution in [0, 0.1) is 5.82 Å². The number of nitrogens with one attached hydrogen (secondary N) is 1. The standard InChI is InChI=1S/C26H25FN4O3/c1-26(11-12-34-2)16-30(20-7-3-17(4-8-20)25(32)33)23-14-22-18(15-28-29-22)13-24(23)31(26)21-9-5-19(27)6-10-21/h3-10,13-15H,11-12,16H2,1-2H3,(H,28,29)(H,32,33)/t26-/m1/s1. The van der Waals surface area contributed by atoms with Crippen molar-refractivity contribution >= 4 is 39.6 Å². The third-order valence-electron chi connectivity index (χ3n) is 6.46. The number of halogens is 1. The van der Waals surface area contributed by atoms with Crippen molar-refractivity contribution in [3.05, 3.63) is 78.2 Å². The number of hydrogen-bond acceptors (Lipinski definition) is 5. The first-order valence-corrected chi connectivity index (χ1v) is 11.0. The maximum Gasteiger partial charge on any atom is 0.335 e. The molecule has 0 aliphatic carbocycles. The number of aromatic nitrogens is 2. The summed E-state index contributed by atoms with van der Waals surface area (Å²) in [6.07, 6.45) is 2.50. The topological polar surface area (TPSA) is 81.7 Å². The molecule has 1 atom stereocenters. The SMILES string of the molecule is COCC[C@]1(C)CN(c2ccc(C(=O)O)cc2)c2cc3[nH]ncc3cc2N1c1ccc(F)cc1. The predicted octanol–water partition coefficient (Wildman–Crippen LogP) is 5.49. The molecule has 3 aromatic carbocycles. The second-order valence-electron chi connectivity index (χ2n) is 8.79. The highest BCUT2D eigenvalue weighted by molar-refractivity contribution is 5.96. The lowest BCUT2D eigenvalue weighted by Gasteiger charge is -2.51. The van der Waals surface area contributed by atoms with E-state index in [1.165, 1.54) is 12.1 Å². The van der Waals surface area contributed by atoms with Gasteiger partial charge in [-0.05, 0) is 74.0 Å². The average Bonchev–Trinajstić information content (AvgIpc) is 3.30. The van der Waals surface area contributed by atoms with Crippen molar-refractivity contribution < 1.29 is 19.0 Å². The summed E-state index contributed by atoms with van der Waals surface area (Å²) in [5.41, 5.74) is 4.37. The number of ether oxygens (including phenoxy) is 1. The van der Waals surface area contributed by atoms with E-state index in [4.69, 9.17) is 4.74 Å². The Hall–Kier alpha value is -3.91. The molecule has 0 saturated carbocycles. The minimum absolute atomic E-state index is 0.236. The van der Waals surface area contributed by atoms with Gasteiger partial charge in [0.2, 0.25) is 0 Å². The lowest BCUT2D eigenvalue weighted by atomic mass is 9.88. The van der Waals surface area contributed by atoms with Crippen molar-refractivity contribution in [2.24, 2.45) is 0 Å². The number of benzene rings is 3. The Morgan fingerprint density at radius 2 is 1.82 bits per heavy atom. The smallest absolute Gasteiger partial charge is 0.335 e. The molecule has 1 aliphatic rings. The number of carbonyl (C=O) groups is 1. The Morgan fingerprint density at radius 1 is 1.12 bits per heavy atom. The van der Waals surface area contributed by atoms with Gasteiger partial charge in [-0.2, -0.15) is 5.10 Å². The molecule has 4 aromatic rings. The predicted molar refractivity (Wildman–Crippen MR) is 130 cm³/mol. The van der Waals surface area contributed by atoms with E-state index >= 15 is 0 Å². The van der Waals surface area contributed by atoms with Crippen LogP contribution in [0.25, 0.3) is 10.9 Å². The quantitative estimate of drug-likeness (QED) is 0.396. The van der Waals surface area contributed by atoms with Gasteiger partial charge in [-0.15, -0.1) is 0 Å². The first-order valence-electron chi connectivity index (χ1n) is 11.0. The Morgan fingerprint density at radius 3 is 2.50 bits per heavy atom. The number of aromatic amines is 1. The van der Waals surface area contributed by atoms with E-state index in [9.17, 15) is 14.3 Å². The Kier molecular flexibility index (Phi) is 5.45. The van der Waals surface area contributed by atoms with Crippen LogP contribution in [-0.2, 0) is 4.74 Å². The van der Waals surface area contributed by atoms with Gasteiger partial charge in [0.25, 0.3) is 0 Å². The van der Waals surface area contributed by atoms with E-state index in [0.29, 0.717) is 19.6 Å². The Labute approximate surface area is 196 Å². The van der Waals surface area contributed by atoms with Crippen molar-refractivity contribution in [3.8, 4) is 0 Å². The number of anilines is 4. The molecule has 0 spiro atoms. The summed E-state index contributed by atoms with van der Waals surface area (Å²) < 4.78 is 19.2. The van der Waals surface area contributed by atoms with E-state index in [-0.39, 0.29) is 11.4 Å². The number of nitrogens with zero attached hydrogens (tertiary/aromatic N) is 3. The van der Waals surface area contributed by atoms with Crippen LogP contribution < -0.4 is 9.80 Å². The molecule has 174 valence electrons. The zero-order chi connectivity index (χ0) is 23.9. The van der Waals surface area contributed by atoms with Crippen LogP contribution in [0.1, 0.15) is 23.7 Å². The van der Waals surface area contributed by atoms with Crippen molar-refractivity contribution in [3.63, 3.8) is 0 Å². The fourth-order valence-corrected chi connectivity index (χ4v) is 4.72. The average molecular weight is 461 g/mol. The van der Waals surface area contributed by atoms with Crippen molar-refractivity contribution in [2.45, 2.75) is 18.9 Å². The number of rotatable bonds is 6. The van der Waals surface area contributed by atoms with Gasteiger partial charge >= 0.3 is 5.97 Å². The fraction of sp³-hybridized carbons (Fsp3) is 0.231. The second-order valence-corrected chi connectivity index (χ2v) is 8.79. The molecule has 2 heterocycles. The van der Waals surface area contributed by atoms with E-state index in [1.807, 2.05) is 12.1 Å². The molecule has 7 nitrogen and oxygen atoms in total. The van der Waals surface area contributed by atoms with Gasteiger partial charge in [0.05, 0.1) is 34.2 Å². The number of hydrogen-bond donors (Lipinski definition) is 2. The van der Waals surface area contributed by atoms with E-state index < -0.39 is 11.5 Å². The first kappa shape index (κ1) is 21.9. The van der Waals surface area contributed by atoms with E-state index in [2.05, 4.69) is 39.1 Å². The third kappa shape index (κ3) is 3.76. The zero-order valence-electron chi connectivity index (χ0n) is 19.0. The maximum atomic E-state index is 13.8. The lowest BCUT2D eigenvalue weighted by Crippen LogP contribution is -2.55. The molecule has 1 aliphatic heterocycles. The van der Waals surface area contributed by atoms with Crippen LogP contribution in [0.3, 0.4) is 0 Å². The molecule has 0 radical (unpaired) electrons. The fourth-order valence-electron chi connectivity index (χ4n) is 4.72. The van der Waals surface area contributed by atoms with Crippen molar-refractivity contribution in [1.82, 2.24) is 10.2 Å². The largest absolute Gasteiger partial charge is 0.478 e. The molecule has 8 heteroatoms. The maximum absolute atomic E-state index is 13.8. The zero-order valence-corrected chi connectivity index (χ0v) is 19.0. The molecular weight excluding hydrogens is 435 g/mol. The van der Waals surface area contributed by atoms with Gasteiger partial charge in [0.1, 0.15) is 5.82 Å². The summed E-state index contributed by atoms with van der Waals surface area (Å²) in [5, 5.41) is 17.5. The molecular formula is C26H25FN4O3. The lowest BCUT2D eigenvalue weighted by molar-refractivity contribution is 0.0697. The van der Waals surface area contributed by atoms with Crippen molar-refractivity contribution in [1.29, 1.82) is 0 Å². The number of aromatic carboxylic acids is 1. The van der Waals surface area contributed by atoms with E-state index in [1.54, 1.807) is 37.6 Å². The molecule has 0 saturated heterocycles. The second kappa shape index (κ2) is 8.46. The van der Waals surface area contributed by atoms with E-state index in [0.717, 1.165) is 33.7 Å². The van der Waals surface area contributed by atoms with Crippen LogP contribution in [0.15, 0.2) is 66.9 Å². The summed E-state index contributed by atoms with van der Waals surface area (Å²) in [6.45, 7) is 3.31. The highest BCUT2D eigenvalue weighted by Crippen LogP contribution is 2.49. The summed E-state index contributed by atoms with van der Waals surface area (Å²) >= 11 is 0. The molecule has 1 aromatic heterocycles. The van der Waals surface area contributed by atoms with Crippen LogP contribution in [0.5, 0.6) is 0 Å². The van der Waals surface area contributed by atoms with Gasteiger partial charge in [-0.1, -0.05) is 0 Å². The highest BCUT2D eigenvalue weighted by Gasteiger charge is 2.41. The number of H-pyrrole nitrogens is 1. The Balaban J connectivity index is 1.72. The highest BCUT2D eigenvalue weighted by atomic mass is 19.1. The normalized spacial score (nSPS) is 17.7. The van der Waals surface area contributed by atoms with Crippen LogP contribution in [-0.4, -0.2) is 47.1 Å². The minimum Gasteiger partial charge on any atom is -0.478 e. The number of carboxylic acid groups (broad SMARTS) is 1. The van der Waals surface area contributed by atoms with Crippen molar-refractivity contribution in [2.75, 3.05) is 30.1 Å². The minimum atomic E-state index is -0.961. The Bertz CT molecular complexity index is 1340. The van der Waals surface area contributed by atoms with Gasteiger partial charge in [-0.25, -0.2) is 9.18 Å². The molecule has 34 heavy (non-hydrogen) atoms. The molecule has 0 fully saturated rings. The van der Waals surface area contributed by atoms with Crippen LogP contribution in [0.2, 0.25) is 0 Å². The monoisotopic (exact) mass is 460 g/mol. The van der Waals surface area contributed by atoms with Crippen LogP contribution >= 0.6 is 0 Å².